The van der Waals surface area contributed by atoms with Crippen molar-refractivity contribution < 1.29 is 17.6 Å². The molecule has 0 unspecified atom stereocenters. The Morgan fingerprint density at radius 1 is 1.17 bits per heavy atom. The van der Waals surface area contributed by atoms with E-state index < -0.39 is 9.84 Å². The van der Waals surface area contributed by atoms with Crippen molar-refractivity contribution >= 4 is 38.4 Å². The summed E-state index contributed by atoms with van der Waals surface area (Å²) in [6.07, 6.45) is 5.77. The van der Waals surface area contributed by atoms with Crippen molar-refractivity contribution in [3.63, 3.8) is 0 Å². The number of nitrogens with zero attached hydrogens (tertiary/aromatic N) is 3. The lowest BCUT2D eigenvalue weighted by Gasteiger charge is -2.33. The fraction of sp³-hybridized carbons (Fsp3) is 0.381. The molecule has 2 aromatic heterocycles. The van der Waals surface area contributed by atoms with Gasteiger partial charge in [-0.05, 0) is 56.0 Å². The summed E-state index contributed by atoms with van der Waals surface area (Å²) in [6, 6.07) is 8.35. The van der Waals surface area contributed by atoms with Crippen LogP contribution in [-0.2, 0) is 9.84 Å². The molecule has 4 rings (SSSR count). The van der Waals surface area contributed by atoms with Crippen LogP contribution in [0.15, 0.2) is 46.0 Å². The van der Waals surface area contributed by atoms with Crippen LogP contribution >= 0.6 is 11.6 Å². The highest BCUT2D eigenvalue weighted by Crippen LogP contribution is 2.36. The second-order valence-corrected chi connectivity index (χ2v) is 10.1. The number of fused-ring (bicyclic) bond motifs is 1. The molecule has 0 N–H and O–H groups in total. The first kappa shape index (κ1) is 20.8. The van der Waals surface area contributed by atoms with E-state index in [9.17, 15) is 13.2 Å². The number of amides is 1. The van der Waals surface area contributed by atoms with E-state index >= 15 is 0 Å². The number of carbonyl (C=O) groups is 1. The van der Waals surface area contributed by atoms with Gasteiger partial charge in [-0.15, -0.1) is 0 Å². The summed E-state index contributed by atoms with van der Waals surface area (Å²) in [5.74, 6) is 0.711. The molecule has 1 fully saturated rings. The predicted octanol–water partition coefficient (Wildman–Crippen LogP) is 4.08. The molecule has 0 radical (unpaired) electrons. The monoisotopic (exact) mass is 447 g/mol. The molecule has 3 aromatic rings. The van der Waals surface area contributed by atoms with Crippen LogP contribution in [0.3, 0.4) is 0 Å². The highest BCUT2D eigenvalue weighted by atomic mass is 35.5. The van der Waals surface area contributed by atoms with Crippen LogP contribution in [-0.4, -0.2) is 48.5 Å². The zero-order chi connectivity index (χ0) is 21.5. The first-order valence-electron chi connectivity index (χ1n) is 9.71. The van der Waals surface area contributed by atoms with E-state index in [4.69, 9.17) is 16.0 Å². The van der Waals surface area contributed by atoms with Gasteiger partial charge in [-0.2, -0.15) is 0 Å². The van der Waals surface area contributed by atoms with E-state index in [0.29, 0.717) is 16.5 Å². The maximum absolute atomic E-state index is 12.9. The molecule has 1 aromatic carbocycles. The third kappa shape index (κ3) is 4.20. The smallest absolute Gasteiger partial charge is 0.253 e. The van der Waals surface area contributed by atoms with Crippen LogP contribution in [0.1, 0.15) is 47.8 Å². The molecule has 158 valence electrons. The fourth-order valence-corrected chi connectivity index (χ4v) is 4.68. The first-order valence-corrected chi connectivity index (χ1v) is 12.0. The van der Waals surface area contributed by atoms with Gasteiger partial charge in [-0.1, -0.05) is 11.6 Å². The lowest BCUT2D eigenvalue weighted by Crippen LogP contribution is -2.39. The molecule has 0 spiro atoms. The number of carbonyl (C=O) groups excluding carboxylic acids is 1. The molecule has 1 amide bonds. The summed E-state index contributed by atoms with van der Waals surface area (Å²) in [4.78, 5) is 23.0. The molecular weight excluding hydrogens is 426 g/mol. The Bertz CT molecular complexity index is 1200. The lowest BCUT2D eigenvalue weighted by atomic mass is 9.85. The quantitative estimate of drug-likeness (QED) is 0.598. The van der Waals surface area contributed by atoms with Crippen LogP contribution in [0.25, 0.3) is 11.1 Å². The van der Waals surface area contributed by atoms with Gasteiger partial charge in [0, 0.05) is 42.0 Å². The number of hydrogen-bond donors (Lipinski definition) is 0. The van der Waals surface area contributed by atoms with Crippen LogP contribution in [0, 0.1) is 0 Å². The van der Waals surface area contributed by atoms with Crippen LogP contribution in [0.4, 0.5) is 0 Å². The standard InChI is InChI=1S/C21H22ClN3O4S/c1-25(21(26)14-9-10-23-19(11-14)30(2,27)28)16-6-3-13(4-7-16)20-24-17-12-15(22)5-8-18(17)29-20/h5,8-13,16H,3-4,6-7H2,1-2H3. The number of pyridine rings is 1. The molecular formula is C21H22ClN3O4S. The summed E-state index contributed by atoms with van der Waals surface area (Å²) >= 11 is 6.03. The third-order valence-electron chi connectivity index (χ3n) is 5.64. The number of benzene rings is 1. The van der Waals surface area contributed by atoms with Gasteiger partial charge in [0.15, 0.2) is 26.3 Å². The van der Waals surface area contributed by atoms with Crippen molar-refractivity contribution in [2.45, 2.75) is 42.7 Å². The maximum Gasteiger partial charge on any atom is 0.253 e. The molecule has 0 aliphatic heterocycles. The van der Waals surface area contributed by atoms with Gasteiger partial charge in [-0.3, -0.25) is 4.79 Å². The fourth-order valence-electron chi connectivity index (χ4n) is 3.92. The molecule has 1 aliphatic rings. The number of rotatable bonds is 4. The Balaban J connectivity index is 1.43. The highest BCUT2D eigenvalue weighted by Gasteiger charge is 2.30. The molecule has 0 saturated heterocycles. The number of aromatic nitrogens is 2. The Hall–Kier alpha value is -2.45. The SMILES string of the molecule is CN(C(=O)c1ccnc(S(C)(=O)=O)c1)C1CCC(c2nc3cc(Cl)ccc3o2)CC1. The normalized spacial score (nSPS) is 19.7. The van der Waals surface area contributed by atoms with E-state index in [1.165, 1.54) is 12.3 Å². The molecule has 0 atom stereocenters. The molecule has 1 saturated carbocycles. The number of halogens is 1. The lowest BCUT2D eigenvalue weighted by molar-refractivity contribution is 0.0685. The number of hydrogen-bond acceptors (Lipinski definition) is 6. The minimum atomic E-state index is -3.47. The molecule has 30 heavy (non-hydrogen) atoms. The van der Waals surface area contributed by atoms with E-state index in [1.54, 1.807) is 30.1 Å². The van der Waals surface area contributed by atoms with Crippen molar-refractivity contribution in [2.75, 3.05) is 13.3 Å². The largest absolute Gasteiger partial charge is 0.440 e. The summed E-state index contributed by atoms with van der Waals surface area (Å²) in [6.45, 7) is 0. The summed E-state index contributed by atoms with van der Waals surface area (Å²) in [7, 11) is -1.71. The molecule has 9 heteroatoms. The van der Waals surface area contributed by atoms with E-state index in [1.807, 2.05) is 6.07 Å². The van der Waals surface area contributed by atoms with E-state index in [-0.39, 0.29) is 22.9 Å². The van der Waals surface area contributed by atoms with Gasteiger partial charge in [0.05, 0.1) is 0 Å². The maximum atomic E-state index is 12.9. The molecule has 0 bridgehead atoms. The van der Waals surface area contributed by atoms with Gasteiger partial charge in [-0.25, -0.2) is 18.4 Å². The second kappa shape index (κ2) is 8.00. The molecule has 2 heterocycles. The number of oxazole rings is 1. The summed E-state index contributed by atoms with van der Waals surface area (Å²) < 4.78 is 29.4. The minimum Gasteiger partial charge on any atom is -0.440 e. The topological polar surface area (TPSA) is 93.4 Å². The predicted molar refractivity (Wildman–Crippen MR) is 113 cm³/mol. The van der Waals surface area contributed by atoms with Gasteiger partial charge in [0.25, 0.3) is 5.91 Å². The molecule has 1 aliphatic carbocycles. The van der Waals surface area contributed by atoms with E-state index in [0.717, 1.165) is 43.0 Å². The Morgan fingerprint density at radius 2 is 1.90 bits per heavy atom. The van der Waals surface area contributed by atoms with Crippen LogP contribution < -0.4 is 0 Å². The average Bonchev–Trinajstić information content (AvgIpc) is 3.15. The van der Waals surface area contributed by atoms with Crippen LogP contribution in [0.2, 0.25) is 5.02 Å². The van der Waals surface area contributed by atoms with Gasteiger partial charge >= 0.3 is 0 Å². The zero-order valence-corrected chi connectivity index (χ0v) is 18.3. The van der Waals surface area contributed by atoms with Crippen LogP contribution in [0.5, 0.6) is 0 Å². The van der Waals surface area contributed by atoms with Crippen molar-refractivity contribution in [3.05, 3.63) is 53.0 Å². The highest BCUT2D eigenvalue weighted by molar-refractivity contribution is 7.90. The van der Waals surface area contributed by atoms with Gasteiger partial charge < -0.3 is 9.32 Å². The van der Waals surface area contributed by atoms with Gasteiger partial charge in [0.2, 0.25) is 0 Å². The third-order valence-corrected chi connectivity index (χ3v) is 6.86. The number of sulfone groups is 1. The Kier molecular flexibility index (Phi) is 5.55. The van der Waals surface area contributed by atoms with E-state index in [2.05, 4.69) is 9.97 Å². The molecule has 7 nitrogen and oxygen atoms in total. The average molecular weight is 448 g/mol. The van der Waals surface area contributed by atoms with Crippen molar-refractivity contribution in [1.29, 1.82) is 0 Å². The van der Waals surface area contributed by atoms with Crippen molar-refractivity contribution in [3.8, 4) is 0 Å². The minimum absolute atomic E-state index is 0.0717. The van der Waals surface area contributed by atoms with Crippen molar-refractivity contribution in [2.24, 2.45) is 0 Å². The first-order chi connectivity index (χ1) is 14.2. The summed E-state index contributed by atoms with van der Waals surface area (Å²) in [5.41, 5.74) is 1.81. The summed E-state index contributed by atoms with van der Waals surface area (Å²) in [5, 5.41) is 0.530. The second-order valence-electron chi connectivity index (χ2n) is 7.74. The van der Waals surface area contributed by atoms with Gasteiger partial charge in [0.1, 0.15) is 5.52 Å². The van der Waals surface area contributed by atoms with Crippen molar-refractivity contribution in [1.82, 2.24) is 14.9 Å². The zero-order valence-electron chi connectivity index (χ0n) is 16.7. The Morgan fingerprint density at radius 3 is 2.60 bits per heavy atom. The Labute approximate surface area is 180 Å².